The normalized spacial score (nSPS) is 13.8. The van der Waals surface area contributed by atoms with Gasteiger partial charge in [-0.1, -0.05) is 45.2 Å². The zero-order valence-corrected chi connectivity index (χ0v) is 14.9. The summed E-state index contributed by atoms with van der Waals surface area (Å²) in [6.07, 6.45) is 5.47. The summed E-state index contributed by atoms with van der Waals surface area (Å²) in [7, 11) is -1.36. The number of unbranched alkanes of at least 4 members (excludes halogenated alkanes) is 3. The second-order valence-corrected chi connectivity index (χ2v) is 7.54. The van der Waals surface area contributed by atoms with Crippen molar-refractivity contribution in [2.45, 2.75) is 52.6 Å². The van der Waals surface area contributed by atoms with E-state index in [1.54, 1.807) is 7.11 Å². The highest BCUT2D eigenvalue weighted by Gasteiger charge is 2.23. The number of hydrogen-bond acceptors (Lipinski definition) is 4. The zero-order valence-electron chi connectivity index (χ0n) is 14.0. The van der Waals surface area contributed by atoms with Gasteiger partial charge in [0, 0.05) is 0 Å². The highest BCUT2D eigenvalue weighted by Crippen LogP contribution is 2.49. The fraction of sp³-hybridized carbons (Fsp3) is 0.647. The van der Waals surface area contributed by atoms with E-state index in [4.69, 9.17) is 13.8 Å². The number of benzene rings is 1. The van der Waals surface area contributed by atoms with Crippen LogP contribution in [-0.4, -0.2) is 19.9 Å². The fourth-order valence-corrected chi connectivity index (χ4v) is 3.76. The summed E-state index contributed by atoms with van der Waals surface area (Å²) in [6.45, 7) is 5.03. The first-order valence-corrected chi connectivity index (χ1v) is 9.87. The first-order valence-electron chi connectivity index (χ1n) is 8.14. The molecule has 22 heavy (non-hydrogen) atoms. The van der Waals surface area contributed by atoms with Crippen LogP contribution in [-0.2, 0) is 20.2 Å². The predicted molar refractivity (Wildman–Crippen MR) is 90.6 cm³/mol. The van der Waals surface area contributed by atoms with Crippen LogP contribution in [0.4, 0.5) is 0 Å². The summed E-state index contributed by atoms with van der Waals surface area (Å²) in [5.74, 6) is 0.800. The summed E-state index contributed by atoms with van der Waals surface area (Å²) in [5.41, 5.74) is 0.967. The van der Waals surface area contributed by atoms with E-state index in [0.29, 0.717) is 19.4 Å². The van der Waals surface area contributed by atoms with Crippen LogP contribution in [0.25, 0.3) is 0 Å². The Hall–Kier alpha value is -0.830. The van der Waals surface area contributed by atoms with Crippen molar-refractivity contribution < 1.29 is 18.3 Å². The maximum atomic E-state index is 12.8. The van der Waals surface area contributed by atoms with Crippen LogP contribution in [0.5, 0.6) is 5.75 Å². The van der Waals surface area contributed by atoms with Gasteiger partial charge in [0.1, 0.15) is 5.75 Å². The minimum absolute atomic E-state index is 0.304. The lowest BCUT2D eigenvalue weighted by atomic mass is 10.2. The maximum absolute atomic E-state index is 12.8. The first kappa shape index (κ1) is 19.2. The molecule has 1 atom stereocenters. The molecule has 0 spiro atoms. The Labute approximate surface area is 134 Å². The van der Waals surface area contributed by atoms with E-state index in [1.165, 1.54) is 0 Å². The van der Waals surface area contributed by atoms with Gasteiger partial charge in [-0.05, 0) is 30.5 Å². The molecule has 0 N–H and O–H groups in total. The molecule has 1 aromatic rings. The highest BCUT2D eigenvalue weighted by molar-refractivity contribution is 7.53. The summed E-state index contributed by atoms with van der Waals surface area (Å²) in [6, 6.07) is 7.58. The Morgan fingerprint density at radius 3 is 2.23 bits per heavy atom. The van der Waals surface area contributed by atoms with Crippen molar-refractivity contribution in [1.82, 2.24) is 0 Å². The molecule has 0 heterocycles. The Bertz CT molecular complexity index is 444. The molecule has 1 unspecified atom stereocenters. The Morgan fingerprint density at radius 1 is 0.955 bits per heavy atom. The maximum Gasteiger partial charge on any atom is 0.330 e. The molecule has 0 amide bonds. The molecule has 1 rings (SSSR count). The van der Waals surface area contributed by atoms with Crippen LogP contribution in [0.1, 0.15) is 51.5 Å². The van der Waals surface area contributed by atoms with Crippen LogP contribution in [0.2, 0.25) is 0 Å². The first-order chi connectivity index (χ1) is 10.6. The van der Waals surface area contributed by atoms with Gasteiger partial charge in [0.05, 0.1) is 26.5 Å². The molecule has 0 radical (unpaired) electrons. The van der Waals surface area contributed by atoms with Gasteiger partial charge in [-0.3, -0.25) is 4.57 Å². The smallest absolute Gasteiger partial charge is 0.330 e. The van der Waals surface area contributed by atoms with E-state index < -0.39 is 7.60 Å². The van der Waals surface area contributed by atoms with Gasteiger partial charge >= 0.3 is 7.60 Å². The van der Waals surface area contributed by atoms with Crippen molar-refractivity contribution in [2.75, 3.05) is 19.9 Å². The molecular weight excluding hydrogens is 299 g/mol. The quantitative estimate of drug-likeness (QED) is 0.380. The van der Waals surface area contributed by atoms with Crippen LogP contribution >= 0.6 is 7.60 Å². The van der Waals surface area contributed by atoms with Gasteiger partial charge in [-0.25, -0.2) is 0 Å². The lowest BCUT2D eigenvalue weighted by Gasteiger charge is -2.18. The minimum Gasteiger partial charge on any atom is -0.497 e. The average molecular weight is 328 g/mol. The average Bonchev–Trinajstić information content (AvgIpc) is 2.56. The zero-order chi connectivity index (χ0) is 16.3. The molecule has 0 aliphatic heterocycles. The van der Waals surface area contributed by atoms with E-state index in [1.807, 2.05) is 24.3 Å². The molecule has 5 heteroatoms. The van der Waals surface area contributed by atoms with Gasteiger partial charge < -0.3 is 13.8 Å². The van der Waals surface area contributed by atoms with E-state index in [9.17, 15) is 4.57 Å². The summed E-state index contributed by atoms with van der Waals surface area (Å²) in [5, 5.41) is 0. The molecule has 0 saturated carbocycles. The third-order valence-corrected chi connectivity index (χ3v) is 5.37. The van der Waals surface area contributed by atoms with Crippen molar-refractivity contribution in [2.24, 2.45) is 0 Å². The summed E-state index contributed by atoms with van der Waals surface area (Å²) < 4.78 is 29.2. The summed E-state index contributed by atoms with van der Waals surface area (Å²) >= 11 is 0. The number of methoxy groups -OCH3 is 1. The molecule has 0 bridgehead atoms. The molecule has 0 saturated heterocycles. The highest BCUT2D eigenvalue weighted by atomic mass is 31.2. The summed E-state index contributed by atoms with van der Waals surface area (Å²) in [4.78, 5) is 0. The van der Waals surface area contributed by atoms with Crippen molar-refractivity contribution in [3.8, 4) is 5.75 Å². The Morgan fingerprint density at radius 2 is 1.64 bits per heavy atom. The monoisotopic (exact) mass is 328 g/mol. The van der Waals surface area contributed by atoms with Gasteiger partial charge in [0.2, 0.25) is 0 Å². The van der Waals surface area contributed by atoms with Gasteiger partial charge in [0.25, 0.3) is 0 Å². The molecule has 0 aromatic heterocycles. The Balaban J connectivity index is 2.52. The Kier molecular flexibility index (Phi) is 9.45. The van der Waals surface area contributed by atoms with Crippen molar-refractivity contribution in [3.05, 3.63) is 29.8 Å². The van der Waals surface area contributed by atoms with Gasteiger partial charge in [-0.2, -0.15) is 0 Å². The molecule has 0 aliphatic rings. The lowest BCUT2D eigenvalue weighted by molar-refractivity contribution is 0.194. The molecule has 4 nitrogen and oxygen atoms in total. The molecule has 0 fully saturated rings. The molecule has 1 aromatic carbocycles. The van der Waals surface area contributed by atoms with E-state index in [2.05, 4.69) is 13.8 Å². The van der Waals surface area contributed by atoms with Crippen LogP contribution in [0.15, 0.2) is 24.3 Å². The van der Waals surface area contributed by atoms with Gasteiger partial charge in [0.15, 0.2) is 0 Å². The molecular formula is C17H29O4P. The predicted octanol–water partition coefficient (Wildman–Crippen LogP) is 5.41. The molecule has 126 valence electrons. The van der Waals surface area contributed by atoms with Crippen molar-refractivity contribution in [1.29, 1.82) is 0 Å². The standard InChI is InChI=1S/C17H29O4P/c1-4-6-8-13-20-22(18,14-7-5-2)21-15-16-9-11-17(19-3)12-10-16/h9-12H,4-8,13-15H2,1-3H3. The number of ether oxygens (including phenoxy) is 1. The lowest BCUT2D eigenvalue weighted by Crippen LogP contribution is -2.02. The van der Waals surface area contributed by atoms with Crippen LogP contribution < -0.4 is 4.74 Å². The van der Waals surface area contributed by atoms with E-state index in [0.717, 1.165) is 43.4 Å². The van der Waals surface area contributed by atoms with Crippen LogP contribution in [0, 0.1) is 0 Å². The van der Waals surface area contributed by atoms with E-state index >= 15 is 0 Å². The molecule has 0 aliphatic carbocycles. The second kappa shape index (κ2) is 10.8. The van der Waals surface area contributed by atoms with Crippen LogP contribution in [0.3, 0.4) is 0 Å². The minimum atomic E-state index is -2.99. The topological polar surface area (TPSA) is 44.8 Å². The van der Waals surface area contributed by atoms with Crippen molar-refractivity contribution in [3.63, 3.8) is 0 Å². The number of hydrogen-bond donors (Lipinski definition) is 0. The fourth-order valence-electron chi connectivity index (χ4n) is 1.97. The number of rotatable bonds is 12. The largest absolute Gasteiger partial charge is 0.497 e. The second-order valence-electron chi connectivity index (χ2n) is 5.35. The SMILES string of the molecule is CCCCCOP(=O)(CCCC)OCc1ccc(OC)cc1. The third-order valence-electron chi connectivity index (χ3n) is 3.41. The van der Waals surface area contributed by atoms with E-state index in [-0.39, 0.29) is 0 Å². The van der Waals surface area contributed by atoms with Gasteiger partial charge in [-0.15, -0.1) is 0 Å². The third kappa shape index (κ3) is 7.44. The van der Waals surface area contributed by atoms with Crippen molar-refractivity contribution >= 4 is 7.60 Å².